The zero-order chi connectivity index (χ0) is 9.52. The van der Waals surface area contributed by atoms with Crippen molar-refractivity contribution >= 4 is 0 Å². The summed E-state index contributed by atoms with van der Waals surface area (Å²) in [5.74, 6) is 0.695. The number of rotatable bonds is 4. The third kappa shape index (κ3) is 4.63. The fourth-order valence-electron chi connectivity index (χ4n) is 2.14. The topological polar surface area (TPSA) is 21.3 Å². The Morgan fingerprint density at radius 3 is 3.00 bits per heavy atom. The molecule has 0 amide bonds. The summed E-state index contributed by atoms with van der Waals surface area (Å²) in [6.07, 6.45) is 6.79. The first kappa shape index (κ1) is 11.0. The summed E-state index contributed by atoms with van der Waals surface area (Å²) in [6.45, 7) is 4.39. The number of methoxy groups -OCH3 is 1. The lowest BCUT2D eigenvalue weighted by molar-refractivity contribution is 0.149. The van der Waals surface area contributed by atoms with Gasteiger partial charge in [-0.05, 0) is 31.7 Å². The molecular formula is C11H23NO. The second-order valence-corrected chi connectivity index (χ2v) is 4.30. The highest BCUT2D eigenvalue weighted by Crippen LogP contribution is 2.15. The summed E-state index contributed by atoms with van der Waals surface area (Å²) < 4.78 is 5.15. The molecule has 0 saturated carbocycles. The molecule has 1 saturated heterocycles. The average Bonchev–Trinajstić information content (AvgIpc) is 2.33. The van der Waals surface area contributed by atoms with Crippen LogP contribution in [-0.4, -0.2) is 26.3 Å². The number of hydrogen-bond acceptors (Lipinski definition) is 2. The Kier molecular flexibility index (Phi) is 5.40. The van der Waals surface area contributed by atoms with Gasteiger partial charge in [0.15, 0.2) is 0 Å². The van der Waals surface area contributed by atoms with Crippen LogP contribution < -0.4 is 5.32 Å². The Balaban J connectivity index is 2.17. The Labute approximate surface area is 82.0 Å². The third-order valence-corrected chi connectivity index (χ3v) is 2.80. The van der Waals surface area contributed by atoms with Crippen molar-refractivity contribution in [3.63, 3.8) is 0 Å². The fourth-order valence-corrected chi connectivity index (χ4v) is 2.14. The Morgan fingerprint density at radius 2 is 2.23 bits per heavy atom. The monoisotopic (exact) mass is 185 g/mol. The van der Waals surface area contributed by atoms with Crippen molar-refractivity contribution < 1.29 is 4.74 Å². The molecule has 1 fully saturated rings. The van der Waals surface area contributed by atoms with Gasteiger partial charge in [0.25, 0.3) is 0 Å². The molecule has 0 radical (unpaired) electrons. The van der Waals surface area contributed by atoms with Crippen LogP contribution in [0, 0.1) is 5.92 Å². The van der Waals surface area contributed by atoms with Crippen LogP contribution in [0.4, 0.5) is 0 Å². The van der Waals surface area contributed by atoms with Gasteiger partial charge in [-0.2, -0.15) is 0 Å². The highest BCUT2D eigenvalue weighted by atomic mass is 16.5. The zero-order valence-electron chi connectivity index (χ0n) is 9.01. The summed E-state index contributed by atoms with van der Waals surface area (Å²) in [4.78, 5) is 0. The molecule has 1 aliphatic rings. The van der Waals surface area contributed by atoms with Crippen LogP contribution in [0.3, 0.4) is 0 Å². The molecule has 0 aromatic carbocycles. The van der Waals surface area contributed by atoms with Crippen molar-refractivity contribution in [1.29, 1.82) is 0 Å². The maximum absolute atomic E-state index is 5.15. The molecule has 1 N–H and O–H groups in total. The van der Waals surface area contributed by atoms with Gasteiger partial charge in [-0.25, -0.2) is 0 Å². The minimum absolute atomic E-state index is 0.695. The van der Waals surface area contributed by atoms with E-state index in [2.05, 4.69) is 12.2 Å². The predicted octanol–water partition coefficient (Wildman–Crippen LogP) is 2.19. The Morgan fingerprint density at radius 1 is 1.38 bits per heavy atom. The molecule has 0 aromatic rings. The molecule has 2 nitrogen and oxygen atoms in total. The van der Waals surface area contributed by atoms with Gasteiger partial charge >= 0.3 is 0 Å². The first-order chi connectivity index (χ1) is 6.33. The van der Waals surface area contributed by atoms with Gasteiger partial charge in [0.1, 0.15) is 0 Å². The molecule has 78 valence electrons. The SMILES string of the molecule is COCC(C)CC1CCCCCN1. The largest absolute Gasteiger partial charge is 0.384 e. The highest BCUT2D eigenvalue weighted by molar-refractivity contribution is 4.72. The van der Waals surface area contributed by atoms with E-state index in [-0.39, 0.29) is 0 Å². The van der Waals surface area contributed by atoms with Crippen LogP contribution in [0.15, 0.2) is 0 Å². The van der Waals surface area contributed by atoms with Crippen LogP contribution in [0.2, 0.25) is 0 Å². The van der Waals surface area contributed by atoms with Crippen molar-refractivity contribution in [2.45, 2.75) is 45.1 Å². The van der Waals surface area contributed by atoms with Crippen LogP contribution in [0.1, 0.15) is 39.0 Å². The van der Waals surface area contributed by atoms with E-state index >= 15 is 0 Å². The third-order valence-electron chi connectivity index (χ3n) is 2.80. The molecule has 1 rings (SSSR count). The molecule has 2 atom stereocenters. The van der Waals surface area contributed by atoms with Gasteiger partial charge in [0, 0.05) is 19.8 Å². The normalized spacial score (nSPS) is 26.8. The summed E-state index contributed by atoms with van der Waals surface area (Å²) in [6, 6.07) is 0.743. The van der Waals surface area contributed by atoms with Gasteiger partial charge in [-0.3, -0.25) is 0 Å². The molecular weight excluding hydrogens is 162 g/mol. The maximum atomic E-state index is 5.15. The van der Waals surface area contributed by atoms with Crippen LogP contribution in [0.25, 0.3) is 0 Å². The summed E-state index contributed by atoms with van der Waals surface area (Å²) in [5, 5.41) is 3.62. The van der Waals surface area contributed by atoms with Gasteiger partial charge in [-0.1, -0.05) is 19.8 Å². The molecule has 2 heteroatoms. The second kappa shape index (κ2) is 6.39. The minimum atomic E-state index is 0.695. The zero-order valence-corrected chi connectivity index (χ0v) is 9.01. The lowest BCUT2D eigenvalue weighted by Gasteiger charge is -2.19. The Bertz CT molecular complexity index is 119. The van der Waals surface area contributed by atoms with Crippen molar-refractivity contribution in [3.8, 4) is 0 Å². The highest BCUT2D eigenvalue weighted by Gasteiger charge is 2.14. The molecule has 0 aliphatic carbocycles. The predicted molar refractivity (Wildman–Crippen MR) is 55.9 cm³/mol. The first-order valence-corrected chi connectivity index (χ1v) is 5.55. The number of ether oxygens (including phenoxy) is 1. The van der Waals surface area contributed by atoms with Crippen molar-refractivity contribution in [2.24, 2.45) is 5.92 Å². The van der Waals surface area contributed by atoms with Crippen molar-refractivity contribution in [3.05, 3.63) is 0 Å². The average molecular weight is 185 g/mol. The lowest BCUT2D eigenvalue weighted by Crippen LogP contribution is -2.30. The van der Waals surface area contributed by atoms with E-state index in [0.717, 1.165) is 12.6 Å². The second-order valence-electron chi connectivity index (χ2n) is 4.30. The molecule has 0 spiro atoms. The molecule has 0 bridgehead atoms. The van der Waals surface area contributed by atoms with E-state index in [0.29, 0.717) is 5.92 Å². The van der Waals surface area contributed by atoms with Crippen LogP contribution >= 0.6 is 0 Å². The van der Waals surface area contributed by atoms with E-state index in [1.54, 1.807) is 7.11 Å². The minimum Gasteiger partial charge on any atom is -0.384 e. The van der Waals surface area contributed by atoms with E-state index < -0.39 is 0 Å². The molecule has 13 heavy (non-hydrogen) atoms. The quantitative estimate of drug-likeness (QED) is 0.725. The molecule has 1 heterocycles. The lowest BCUT2D eigenvalue weighted by atomic mass is 9.99. The van der Waals surface area contributed by atoms with Crippen LogP contribution in [-0.2, 0) is 4.74 Å². The van der Waals surface area contributed by atoms with Gasteiger partial charge in [-0.15, -0.1) is 0 Å². The summed E-state index contributed by atoms with van der Waals surface area (Å²) >= 11 is 0. The van der Waals surface area contributed by atoms with Gasteiger partial charge in [0.2, 0.25) is 0 Å². The molecule has 0 aromatic heterocycles. The smallest absolute Gasteiger partial charge is 0.0488 e. The maximum Gasteiger partial charge on any atom is 0.0488 e. The van der Waals surface area contributed by atoms with E-state index in [4.69, 9.17) is 4.74 Å². The fraction of sp³-hybridized carbons (Fsp3) is 1.00. The van der Waals surface area contributed by atoms with Crippen molar-refractivity contribution in [1.82, 2.24) is 5.32 Å². The van der Waals surface area contributed by atoms with Crippen molar-refractivity contribution in [2.75, 3.05) is 20.3 Å². The van der Waals surface area contributed by atoms with Gasteiger partial charge < -0.3 is 10.1 Å². The molecule has 2 unspecified atom stereocenters. The summed E-state index contributed by atoms with van der Waals surface area (Å²) in [7, 11) is 1.79. The number of nitrogens with one attached hydrogen (secondary N) is 1. The van der Waals surface area contributed by atoms with E-state index in [1.165, 1.54) is 38.6 Å². The van der Waals surface area contributed by atoms with Crippen LogP contribution in [0.5, 0.6) is 0 Å². The standard InChI is InChI=1S/C11H23NO/c1-10(9-13-2)8-11-6-4-3-5-7-12-11/h10-12H,3-9H2,1-2H3. The van der Waals surface area contributed by atoms with E-state index in [9.17, 15) is 0 Å². The van der Waals surface area contributed by atoms with Gasteiger partial charge in [0.05, 0.1) is 0 Å². The number of hydrogen-bond donors (Lipinski definition) is 1. The summed E-state index contributed by atoms with van der Waals surface area (Å²) in [5.41, 5.74) is 0. The molecule has 1 aliphatic heterocycles. The first-order valence-electron chi connectivity index (χ1n) is 5.55. The van der Waals surface area contributed by atoms with E-state index in [1.807, 2.05) is 0 Å². The Hall–Kier alpha value is -0.0800.